The van der Waals surface area contributed by atoms with E-state index in [9.17, 15) is 0 Å². The van der Waals surface area contributed by atoms with E-state index in [1.807, 2.05) is 0 Å². The molecule has 1 aliphatic heterocycles. The van der Waals surface area contributed by atoms with Gasteiger partial charge < -0.3 is 0 Å². The van der Waals surface area contributed by atoms with Gasteiger partial charge in [0.05, 0.1) is 0 Å². The molecule has 0 saturated carbocycles. The van der Waals surface area contributed by atoms with E-state index >= 15 is 0 Å². The van der Waals surface area contributed by atoms with E-state index in [0.717, 1.165) is 6.54 Å². The maximum Gasteiger partial charge on any atom is 0.0244 e. The van der Waals surface area contributed by atoms with Crippen LogP contribution in [0, 0.1) is 0 Å². The van der Waals surface area contributed by atoms with E-state index in [1.54, 1.807) is 5.56 Å². The second kappa shape index (κ2) is 4.21. The Kier molecular flexibility index (Phi) is 3.07. The lowest BCUT2D eigenvalue weighted by Crippen LogP contribution is -2.50. The van der Waals surface area contributed by atoms with Gasteiger partial charge in [-0.2, -0.15) is 0 Å². The summed E-state index contributed by atoms with van der Waals surface area (Å²) in [6.07, 6.45) is 2.45. The summed E-state index contributed by atoms with van der Waals surface area (Å²) < 4.78 is 0. The second-order valence-electron chi connectivity index (χ2n) is 5.83. The van der Waals surface area contributed by atoms with Crippen LogP contribution in [0.15, 0.2) is 24.3 Å². The fourth-order valence-electron chi connectivity index (χ4n) is 2.74. The molecule has 1 heteroatoms. The number of benzene rings is 1. The van der Waals surface area contributed by atoms with Gasteiger partial charge in [-0.05, 0) is 44.7 Å². The Morgan fingerprint density at radius 3 is 2.38 bits per heavy atom. The summed E-state index contributed by atoms with van der Waals surface area (Å²) in [6, 6.07) is 9.59. The molecule has 1 unspecified atom stereocenters. The summed E-state index contributed by atoms with van der Waals surface area (Å²) in [5.74, 6) is 0. The van der Waals surface area contributed by atoms with E-state index in [-0.39, 0.29) is 5.54 Å². The summed E-state index contributed by atoms with van der Waals surface area (Å²) in [6.45, 7) is 10.4. The van der Waals surface area contributed by atoms with Crippen molar-refractivity contribution in [2.24, 2.45) is 0 Å². The number of hydrogen-bond acceptors (Lipinski definition) is 1. The Morgan fingerprint density at radius 1 is 1.19 bits per heavy atom. The van der Waals surface area contributed by atoms with Gasteiger partial charge in [-0.25, -0.2) is 0 Å². The Labute approximate surface area is 99.5 Å². The quantitative estimate of drug-likeness (QED) is 0.694. The summed E-state index contributed by atoms with van der Waals surface area (Å²) >= 11 is 0. The van der Waals surface area contributed by atoms with Crippen LogP contribution in [-0.2, 0) is 13.0 Å². The lowest BCUT2D eigenvalue weighted by atomic mass is 9.88. The second-order valence-corrected chi connectivity index (χ2v) is 5.83. The van der Waals surface area contributed by atoms with Crippen LogP contribution in [0.1, 0.15) is 45.2 Å². The standard InChI is InChI=1S/C15H23N/c1-5-14-10-12-8-6-7-9-13(12)11-16(14)15(2,3)4/h6-9,14H,5,10-11H2,1-4H3. The smallest absolute Gasteiger partial charge is 0.0244 e. The minimum atomic E-state index is 0.272. The molecule has 1 nitrogen and oxygen atoms in total. The topological polar surface area (TPSA) is 3.24 Å². The van der Waals surface area contributed by atoms with Crippen LogP contribution < -0.4 is 0 Å². The number of nitrogens with zero attached hydrogens (tertiary/aromatic N) is 1. The number of rotatable bonds is 1. The van der Waals surface area contributed by atoms with Gasteiger partial charge in [0, 0.05) is 18.1 Å². The zero-order valence-corrected chi connectivity index (χ0v) is 11.0. The zero-order chi connectivity index (χ0) is 11.8. The SMILES string of the molecule is CCC1Cc2ccccc2CN1C(C)(C)C. The molecule has 0 fully saturated rings. The molecule has 1 aromatic rings. The van der Waals surface area contributed by atoms with Crippen LogP contribution >= 0.6 is 0 Å². The van der Waals surface area contributed by atoms with Crippen molar-refractivity contribution >= 4 is 0 Å². The molecule has 1 aliphatic rings. The van der Waals surface area contributed by atoms with Crippen molar-refractivity contribution in [3.05, 3.63) is 35.4 Å². The average Bonchev–Trinajstić information content (AvgIpc) is 2.26. The summed E-state index contributed by atoms with van der Waals surface area (Å²) in [4.78, 5) is 2.65. The lowest BCUT2D eigenvalue weighted by Gasteiger charge is -2.45. The molecular weight excluding hydrogens is 194 g/mol. The van der Waals surface area contributed by atoms with Crippen molar-refractivity contribution in [1.82, 2.24) is 4.90 Å². The fraction of sp³-hybridized carbons (Fsp3) is 0.600. The maximum absolute atomic E-state index is 2.65. The van der Waals surface area contributed by atoms with Crippen molar-refractivity contribution in [1.29, 1.82) is 0 Å². The first-order chi connectivity index (χ1) is 7.52. The van der Waals surface area contributed by atoms with E-state index in [2.05, 4.69) is 56.9 Å². The Bertz CT molecular complexity index is 362. The van der Waals surface area contributed by atoms with Crippen LogP contribution in [0.2, 0.25) is 0 Å². The molecular formula is C15H23N. The van der Waals surface area contributed by atoms with Crippen molar-refractivity contribution in [2.45, 2.75) is 58.7 Å². The van der Waals surface area contributed by atoms with Crippen LogP contribution in [0.5, 0.6) is 0 Å². The Balaban J connectivity index is 2.31. The van der Waals surface area contributed by atoms with Crippen molar-refractivity contribution in [2.75, 3.05) is 0 Å². The molecule has 1 heterocycles. The molecule has 2 rings (SSSR count). The minimum absolute atomic E-state index is 0.272. The predicted octanol–water partition coefficient (Wildman–Crippen LogP) is 3.62. The highest BCUT2D eigenvalue weighted by atomic mass is 15.2. The van der Waals surface area contributed by atoms with Gasteiger partial charge in [0.2, 0.25) is 0 Å². The first-order valence-corrected chi connectivity index (χ1v) is 6.36. The normalized spacial score (nSPS) is 21.9. The predicted molar refractivity (Wildman–Crippen MR) is 69.5 cm³/mol. The van der Waals surface area contributed by atoms with Gasteiger partial charge in [0.15, 0.2) is 0 Å². The molecule has 0 N–H and O–H groups in total. The molecule has 0 radical (unpaired) electrons. The van der Waals surface area contributed by atoms with Crippen molar-refractivity contribution in [3.8, 4) is 0 Å². The van der Waals surface area contributed by atoms with Gasteiger partial charge >= 0.3 is 0 Å². The van der Waals surface area contributed by atoms with Crippen LogP contribution in [0.25, 0.3) is 0 Å². The van der Waals surface area contributed by atoms with Crippen LogP contribution in [0.3, 0.4) is 0 Å². The third-order valence-electron chi connectivity index (χ3n) is 3.69. The average molecular weight is 217 g/mol. The van der Waals surface area contributed by atoms with Crippen LogP contribution in [0.4, 0.5) is 0 Å². The zero-order valence-electron chi connectivity index (χ0n) is 11.0. The van der Waals surface area contributed by atoms with Crippen LogP contribution in [-0.4, -0.2) is 16.5 Å². The first-order valence-electron chi connectivity index (χ1n) is 6.36. The molecule has 0 spiro atoms. The summed E-state index contributed by atoms with van der Waals surface area (Å²) in [5, 5.41) is 0. The lowest BCUT2D eigenvalue weighted by molar-refractivity contribution is 0.0607. The minimum Gasteiger partial charge on any atom is -0.291 e. The molecule has 1 aromatic carbocycles. The largest absolute Gasteiger partial charge is 0.291 e. The highest BCUT2D eigenvalue weighted by Gasteiger charge is 2.31. The monoisotopic (exact) mass is 217 g/mol. The molecule has 0 aliphatic carbocycles. The van der Waals surface area contributed by atoms with Gasteiger partial charge in [-0.15, -0.1) is 0 Å². The molecule has 0 bridgehead atoms. The molecule has 1 atom stereocenters. The highest BCUT2D eigenvalue weighted by molar-refractivity contribution is 5.30. The fourth-order valence-corrected chi connectivity index (χ4v) is 2.74. The Morgan fingerprint density at radius 2 is 1.81 bits per heavy atom. The number of fused-ring (bicyclic) bond motifs is 1. The van der Waals surface area contributed by atoms with Crippen molar-refractivity contribution in [3.63, 3.8) is 0 Å². The van der Waals surface area contributed by atoms with Gasteiger partial charge in [0.1, 0.15) is 0 Å². The highest BCUT2D eigenvalue weighted by Crippen LogP contribution is 2.30. The van der Waals surface area contributed by atoms with E-state index < -0.39 is 0 Å². The van der Waals surface area contributed by atoms with Crippen molar-refractivity contribution < 1.29 is 0 Å². The molecule has 0 aromatic heterocycles. The Hall–Kier alpha value is -0.820. The van der Waals surface area contributed by atoms with Gasteiger partial charge in [0.25, 0.3) is 0 Å². The van der Waals surface area contributed by atoms with Gasteiger partial charge in [-0.3, -0.25) is 4.90 Å². The third kappa shape index (κ3) is 2.15. The van der Waals surface area contributed by atoms with E-state index in [0.29, 0.717) is 6.04 Å². The molecule has 88 valence electrons. The molecule has 0 saturated heterocycles. The molecule has 0 amide bonds. The third-order valence-corrected chi connectivity index (χ3v) is 3.69. The summed E-state index contributed by atoms with van der Waals surface area (Å²) in [7, 11) is 0. The maximum atomic E-state index is 2.65. The summed E-state index contributed by atoms with van der Waals surface area (Å²) in [5.41, 5.74) is 3.34. The van der Waals surface area contributed by atoms with E-state index in [1.165, 1.54) is 18.4 Å². The van der Waals surface area contributed by atoms with Gasteiger partial charge in [-0.1, -0.05) is 31.2 Å². The number of hydrogen-bond donors (Lipinski definition) is 0. The van der Waals surface area contributed by atoms with E-state index in [4.69, 9.17) is 0 Å². The first kappa shape index (κ1) is 11.7. The molecule has 16 heavy (non-hydrogen) atoms.